The highest BCUT2D eigenvalue weighted by molar-refractivity contribution is 6.70. The van der Waals surface area contributed by atoms with Gasteiger partial charge in [-0.05, 0) is 58.2 Å². The van der Waals surface area contributed by atoms with E-state index < -0.39 is 16.6 Å². The molecule has 1 rings (SSSR count). The fourth-order valence-corrected chi connectivity index (χ4v) is 4.90. The molecule has 0 saturated heterocycles. The zero-order valence-electron chi connectivity index (χ0n) is 17.6. The number of hydrogen-bond acceptors (Lipinski definition) is 3. The molecular formula is C20H40O3Si2. The van der Waals surface area contributed by atoms with Gasteiger partial charge >= 0.3 is 0 Å². The molecule has 25 heavy (non-hydrogen) atoms. The van der Waals surface area contributed by atoms with E-state index in [-0.39, 0.29) is 11.9 Å². The minimum absolute atomic E-state index is 0.0640. The van der Waals surface area contributed by atoms with Crippen LogP contribution in [-0.2, 0) is 13.6 Å². The highest BCUT2D eigenvalue weighted by Gasteiger charge is 2.23. The second-order valence-corrected chi connectivity index (χ2v) is 17.6. The average Bonchev–Trinajstić information content (AvgIpc) is 2.81. The maximum absolute atomic E-state index is 10.8. The smallest absolute Gasteiger partial charge is 0.184 e. The van der Waals surface area contributed by atoms with Crippen LogP contribution in [0.4, 0.5) is 0 Å². The normalized spacial score (nSPS) is 18.7. The Kier molecular flexibility index (Phi) is 11.8. The number of ketones is 1. The first-order valence-corrected chi connectivity index (χ1v) is 16.5. The van der Waals surface area contributed by atoms with Gasteiger partial charge in [-0.3, -0.25) is 4.79 Å². The van der Waals surface area contributed by atoms with E-state index in [4.69, 9.17) is 8.85 Å². The minimum Gasteiger partial charge on any atom is -0.414 e. The van der Waals surface area contributed by atoms with Gasteiger partial charge in [0, 0.05) is 12.5 Å². The molecule has 0 aromatic heterocycles. The van der Waals surface area contributed by atoms with Crippen LogP contribution in [0.3, 0.4) is 0 Å². The van der Waals surface area contributed by atoms with Gasteiger partial charge in [-0.1, -0.05) is 38.3 Å². The van der Waals surface area contributed by atoms with Crippen molar-refractivity contribution in [3.63, 3.8) is 0 Å². The maximum atomic E-state index is 10.8. The Bertz CT molecular complexity index is 420. The third-order valence-electron chi connectivity index (χ3n) is 3.48. The van der Waals surface area contributed by atoms with Crippen LogP contribution >= 0.6 is 0 Å². The highest BCUT2D eigenvalue weighted by Crippen LogP contribution is 2.17. The molecule has 0 aromatic rings. The lowest BCUT2D eigenvalue weighted by molar-refractivity contribution is -0.114. The Hall–Kier alpha value is -0.496. The van der Waals surface area contributed by atoms with E-state index in [0.29, 0.717) is 12.5 Å². The van der Waals surface area contributed by atoms with Gasteiger partial charge in [-0.2, -0.15) is 0 Å². The number of carbonyl (C=O) groups is 1. The molecule has 0 spiro atoms. The quantitative estimate of drug-likeness (QED) is 0.259. The molecule has 1 aliphatic rings. The lowest BCUT2D eigenvalue weighted by Crippen LogP contribution is -2.31. The molecule has 0 radical (unpaired) electrons. The molecule has 0 aliphatic heterocycles. The van der Waals surface area contributed by atoms with Crippen molar-refractivity contribution in [1.82, 2.24) is 0 Å². The van der Waals surface area contributed by atoms with Crippen molar-refractivity contribution in [2.24, 2.45) is 0 Å². The Balaban J connectivity index is 0.000000472. The summed E-state index contributed by atoms with van der Waals surface area (Å²) in [6.07, 6.45) is 12.6. The summed E-state index contributed by atoms with van der Waals surface area (Å²) >= 11 is 0. The zero-order chi connectivity index (χ0) is 19.5. The van der Waals surface area contributed by atoms with Crippen LogP contribution in [0.25, 0.3) is 0 Å². The van der Waals surface area contributed by atoms with E-state index in [1.807, 2.05) is 12.2 Å². The summed E-state index contributed by atoms with van der Waals surface area (Å²) in [4.78, 5) is 10.8. The van der Waals surface area contributed by atoms with E-state index in [1.165, 1.54) is 25.7 Å². The van der Waals surface area contributed by atoms with Crippen molar-refractivity contribution >= 4 is 22.4 Å². The van der Waals surface area contributed by atoms with Gasteiger partial charge in [0.25, 0.3) is 0 Å². The van der Waals surface area contributed by atoms with Crippen LogP contribution in [0.2, 0.25) is 39.3 Å². The van der Waals surface area contributed by atoms with Gasteiger partial charge in [0.05, 0.1) is 6.10 Å². The SMILES string of the molecule is C=CCC(CCCCC)O[Si](C)(C)C.C[Si](C)(C)OC1C=CC(=O)C1. The van der Waals surface area contributed by atoms with Crippen molar-refractivity contribution in [2.75, 3.05) is 0 Å². The summed E-state index contributed by atoms with van der Waals surface area (Å²) < 4.78 is 11.8. The van der Waals surface area contributed by atoms with Crippen LogP contribution in [0.1, 0.15) is 45.4 Å². The highest BCUT2D eigenvalue weighted by atomic mass is 28.4. The standard InChI is InChI=1S/C12H26OSi.C8H14O2Si/c1-6-8-9-11-12(10-7-2)13-14(3,4)5;1-11(2,3)10-8-5-4-7(9)6-8/h7,12H,2,6,8-11H2,1,3-5H3;4-5,8H,6H2,1-3H3. The van der Waals surface area contributed by atoms with E-state index in [1.54, 1.807) is 6.08 Å². The summed E-state index contributed by atoms with van der Waals surface area (Å²) in [7, 11) is -2.82. The molecule has 0 bridgehead atoms. The molecule has 5 heteroatoms. The van der Waals surface area contributed by atoms with Crippen molar-refractivity contribution < 1.29 is 13.6 Å². The Morgan fingerprint density at radius 3 is 2.24 bits per heavy atom. The first-order valence-electron chi connectivity index (χ1n) is 9.64. The first-order chi connectivity index (χ1) is 11.5. The predicted octanol–water partition coefficient (Wildman–Crippen LogP) is 6.10. The molecule has 2 unspecified atom stereocenters. The number of allylic oxidation sites excluding steroid dienone is 1. The molecule has 0 heterocycles. The van der Waals surface area contributed by atoms with Gasteiger partial charge in [-0.25, -0.2) is 0 Å². The molecule has 0 fully saturated rings. The summed E-state index contributed by atoms with van der Waals surface area (Å²) in [5.41, 5.74) is 0. The largest absolute Gasteiger partial charge is 0.414 e. The first kappa shape index (κ1) is 24.5. The third-order valence-corrected chi connectivity index (χ3v) is 5.53. The summed E-state index contributed by atoms with van der Waals surface area (Å²) in [5, 5.41) is 0. The minimum atomic E-state index is -1.46. The van der Waals surface area contributed by atoms with Crippen molar-refractivity contribution in [1.29, 1.82) is 0 Å². The van der Waals surface area contributed by atoms with E-state index in [9.17, 15) is 4.79 Å². The molecule has 0 aromatic carbocycles. The summed E-state index contributed by atoms with van der Waals surface area (Å²) in [5.74, 6) is 0.188. The van der Waals surface area contributed by atoms with Gasteiger partial charge < -0.3 is 8.85 Å². The second kappa shape index (κ2) is 12.0. The van der Waals surface area contributed by atoms with E-state index in [2.05, 4.69) is 52.8 Å². The van der Waals surface area contributed by atoms with Crippen LogP contribution in [0.15, 0.2) is 24.8 Å². The van der Waals surface area contributed by atoms with Gasteiger partial charge in [-0.15, -0.1) is 6.58 Å². The maximum Gasteiger partial charge on any atom is 0.184 e. The third kappa shape index (κ3) is 15.5. The van der Waals surface area contributed by atoms with Gasteiger partial charge in [0.2, 0.25) is 0 Å². The molecule has 0 saturated carbocycles. The molecule has 3 nitrogen and oxygen atoms in total. The Morgan fingerprint density at radius 2 is 1.84 bits per heavy atom. The molecule has 146 valence electrons. The van der Waals surface area contributed by atoms with E-state index >= 15 is 0 Å². The van der Waals surface area contributed by atoms with Crippen LogP contribution in [-0.4, -0.2) is 34.6 Å². The fourth-order valence-electron chi connectivity index (χ4n) is 2.62. The molecule has 0 N–H and O–H groups in total. The summed E-state index contributed by atoms with van der Waals surface area (Å²) in [6, 6.07) is 0. The average molecular weight is 385 g/mol. The monoisotopic (exact) mass is 384 g/mol. The molecule has 1 aliphatic carbocycles. The van der Waals surface area contributed by atoms with Crippen molar-refractivity contribution in [2.45, 2.75) is 96.9 Å². The number of carbonyl (C=O) groups excluding carboxylic acids is 1. The Morgan fingerprint density at radius 1 is 1.20 bits per heavy atom. The lowest BCUT2D eigenvalue weighted by atomic mass is 10.1. The second-order valence-electron chi connectivity index (χ2n) is 8.67. The topological polar surface area (TPSA) is 35.5 Å². The molecular weight excluding hydrogens is 344 g/mol. The summed E-state index contributed by atoms with van der Waals surface area (Å²) in [6.45, 7) is 19.2. The number of hydrogen-bond donors (Lipinski definition) is 0. The number of rotatable bonds is 10. The molecule has 0 amide bonds. The van der Waals surface area contributed by atoms with E-state index in [0.717, 1.165) is 6.42 Å². The van der Waals surface area contributed by atoms with Crippen molar-refractivity contribution in [3.8, 4) is 0 Å². The number of unbranched alkanes of at least 4 members (excludes halogenated alkanes) is 2. The predicted molar refractivity (Wildman–Crippen MR) is 114 cm³/mol. The molecule has 2 atom stereocenters. The van der Waals surface area contributed by atoms with Gasteiger partial charge in [0.15, 0.2) is 22.4 Å². The zero-order valence-corrected chi connectivity index (χ0v) is 19.6. The fraction of sp³-hybridized carbons (Fsp3) is 0.750. The van der Waals surface area contributed by atoms with Crippen molar-refractivity contribution in [3.05, 3.63) is 24.8 Å². The van der Waals surface area contributed by atoms with Crippen LogP contribution < -0.4 is 0 Å². The lowest BCUT2D eigenvalue weighted by Gasteiger charge is -2.25. The van der Waals surface area contributed by atoms with Crippen LogP contribution in [0.5, 0.6) is 0 Å². The van der Waals surface area contributed by atoms with Crippen LogP contribution in [0, 0.1) is 0 Å². The Labute approximate surface area is 158 Å². The van der Waals surface area contributed by atoms with Gasteiger partial charge in [0.1, 0.15) is 0 Å².